The third-order valence-electron chi connectivity index (χ3n) is 5.06. The number of nitrogens with zero attached hydrogens (tertiary/aromatic N) is 2. The molecule has 0 aliphatic heterocycles. The highest BCUT2D eigenvalue weighted by Gasteiger charge is 2.23. The second-order valence-corrected chi connectivity index (χ2v) is 7.61. The monoisotopic (exact) mass is 419 g/mol. The number of aromatic nitrogens is 2. The van der Waals surface area contributed by atoms with Gasteiger partial charge in [-0.05, 0) is 54.5 Å². The number of ether oxygens (including phenoxy) is 1. The van der Waals surface area contributed by atoms with Crippen LogP contribution < -0.4 is 5.32 Å². The Hall–Kier alpha value is -3.15. The third kappa shape index (κ3) is 4.37. The van der Waals surface area contributed by atoms with Crippen molar-refractivity contribution in [2.24, 2.45) is 0 Å². The fraction of sp³-hybridized carbons (Fsp3) is 0.167. The third-order valence-corrected chi connectivity index (χ3v) is 5.31. The van der Waals surface area contributed by atoms with E-state index in [1.54, 1.807) is 19.5 Å². The Balaban J connectivity index is 1.50. The van der Waals surface area contributed by atoms with Crippen LogP contribution in [0.25, 0.3) is 11.1 Å². The van der Waals surface area contributed by atoms with E-state index in [2.05, 4.69) is 10.3 Å². The zero-order valence-corrected chi connectivity index (χ0v) is 17.5. The van der Waals surface area contributed by atoms with E-state index in [9.17, 15) is 4.79 Å². The minimum absolute atomic E-state index is 0.00918. The number of amides is 1. The minimum atomic E-state index is -0.209. The van der Waals surface area contributed by atoms with Crippen LogP contribution in [0.2, 0.25) is 5.02 Å². The summed E-state index contributed by atoms with van der Waals surface area (Å²) in [6.07, 6.45) is 9.38. The molecule has 2 aromatic carbocycles. The molecule has 0 fully saturated rings. The summed E-state index contributed by atoms with van der Waals surface area (Å²) in [7, 11) is 1.66. The van der Waals surface area contributed by atoms with Crippen LogP contribution in [0.5, 0.6) is 0 Å². The normalized spacial score (nSPS) is 18.2. The predicted molar refractivity (Wildman–Crippen MR) is 118 cm³/mol. The Morgan fingerprint density at radius 1 is 1.17 bits per heavy atom. The molecular weight excluding hydrogens is 398 g/mol. The molecule has 3 aromatic rings. The maximum atomic E-state index is 12.8. The van der Waals surface area contributed by atoms with Gasteiger partial charge in [-0.3, -0.25) is 4.79 Å². The summed E-state index contributed by atoms with van der Waals surface area (Å²) in [5, 5.41) is 3.65. The van der Waals surface area contributed by atoms with Gasteiger partial charge in [-0.1, -0.05) is 41.9 Å². The molecule has 1 amide bonds. The molecule has 4 rings (SSSR count). The zero-order valence-electron chi connectivity index (χ0n) is 16.7. The van der Waals surface area contributed by atoms with E-state index in [0.717, 1.165) is 16.8 Å². The van der Waals surface area contributed by atoms with Crippen molar-refractivity contribution in [2.75, 3.05) is 7.11 Å². The molecule has 0 bridgehead atoms. The number of halogens is 1. The van der Waals surface area contributed by atoms with Gasteiger partial charge in [-0.25, -0.2) is 4.98 Å². The number of nitrogens with one attached hydrogen (secondary N) is 1. The quantitative estimate of drug-likeness (QED) is 0.636. The van der Waals surface area contributed by atoms with Crippen LogP contribution in [0.1, 0.15) is 22.1 Å². The fourth-order valence-corrected chi connectivity index (χ4v) is 3.62. The van der Waals surface area contributed by atoms with Crippen molar-refractivity contribution >= 4 is 17.5 Å². The summed E-state index contributed by atoms with van der Waals surface area (Å²) >= 11 is 5.97. The number of carbonyl (C=O) groups excluding carboxylic acids is 1. The number of rotatable bonds is 5. The summed E-state index contributed by atoms with van der Waals surface area (Å²) in [6.45, 7) is 1.95. The molecule has 0 spiro atoms. The van der Waals surface area contributed by atoms with Crippen molar-refractivity contribution in [3.63, 3.8) is 0 Å². The summed E-state index contributed by atoms with van der Waals surface area (Å²) in [4.78, 5) is 17.1. The summed E-state index contributed by atoms with van der Waals surface area (Å²) < 4.78 is 7.64. The van der Waals surface area contributed by atoms with E-state index in [1.165, 1.54) is 0 Å². The Morgan fingerprint density at radius 2 is 1.97 bits per heavy atom. The lowest BCUT2D eigenvalue weighted by molar-refractivity contribution is 0.0957. The number of hydrogen-bond donors (Lipinski definition) is 1. The summed E-state index contributed by atoms with van der Waals surface area (Å²) in [6, 6.07) is 15.1. The van der Waals surface area contributed by atoms with Gasteiger partial charge in [0.15, 0.2) is 0 Å². The number of benzene rings is 2. The molecule has 1 aromatic heterocycles. The second kappa shape index (κ2) is 8.69. The Kier molecular flexibility index (Phi) is 5.84. The van der Waals surface area contributed by atoms with Crippen molar-refractivity contribution in [1.82, 2.24) is 14.9 Å². The molecule has 1 aliphatic rings. The Labute approximate surface area is 180 Å². The predicted octanol–water partition coefficient (Wildman–Crippen LogP) is 4.95. The molecule has 30 heavy (non-hydrogen) atoms. The maximum absolute atomic E-state index is 12.8. The zero-order chi connectivity index (χ0) is 21.1. The second-order valence-electron chi connectivity index (χ2n) is 7.18. The van der Waals surface area contributed by atoms with Gasteiger partial charge in [0.05, 0.1) is 18.1 Å². The smallest absolute Gasteiger partial charge is 0.255 e. The van der Waals surface area contributed by atoms with E-state index in [4.69, 9.17) is 16.3 Å². The fourth-order valence-electron chi connectivity index (χ4n) is 3.49. The number of methoxy groups -OCH3 is 1. The average Bonchev–Trinajstić information content (AvgIpc) is 3.20. The number of hydrogen-bond acceptors (Lipinski definition) is 3. The van der Waals surface area contributed by atoms with E-state index < -0.39 is 0 Å². The van der Waals surface area contributed by atoms with Gasteiger partial charge in [0.2, 0.25) is 0 Å². The van der Waals surface area contributed by atoms with E-state index in [1.807, 2.05) is 78.4 Å². The molecule has 6 heteroatoms. The molecule has 2 atom stereocenters. The van der Waals surface area contributed by atoms with Crippen molar-refractivity contribution in [3.05, 3.63) is 101 Å². The molecule has 1 aliphatic carbocycles. The molecule has 1 N–H and O–H groups in total. The van der Waals surface area contributed by atoms with Gasteiger partial charge in [-0.2, -0.15) is 0 Å². The van der Waals surface area contributed by atoms with Crippen LogP contribution in [0, 0.1) is 6.92 Å². The van der Waals surface area contributed by atoms with E-state index >= 15 is 0 Å². The molecule has 2 unspecified atom stereocenters. The first-order chi connectivity index (χ1) is 14.5. The van der Waals surface area contributed by atoms with E-state index in [-0.39, 0.29) is 18.1 Å². The van der Waals surface area contributed by atoms with Gasteiger partial charge in [-0.15, -0.1) is 0 Å². The lowest BCUT2D eigenvalue weighted by Gasteiger charge is -2.26. The largest absolute Gasteiger partial charge is 0.375 e. The summed E-state index contributed by atoms with van der Waals surface area (Å²) in [5.74, 6) is -0.173. The van der Waals surface area contributed by atoms with Crippen molar-refractivity contribution in [2.45, 2.75) is 19.1 Å². The Bertz CT molecular complexity index is 1120. The van der Waals surface area contributed by atoms with Crippen molar-refractivity contribution in [1.29, 1.82) is 0 Å². The first kappa shape index (κ1) is 20.1. The van der Waals surface area contributed by atoms with Crippen molar-refractivity contribution < 1.29 is 9.53 Å². The van der Waals surface area contributed by atoms with Gasteiger partial charge < -0.3 is 14.6 Å². The number of aryl methyl sites for hydroxylation is 1. The number of allylic oxidation sites excluding steroid dienone is 1. The maximum Gasteiger partial charge on any atom is 0.255 e. The highest BCUT2D eigenvalue weighted by Crippen LogP contribution is 2.25. The molecule has 1 heterocycles. The lowest BCUT2D eigenvalue weighted by atomic mass is 10.0. The topological polar surface area (TPSA) is 56.1 Å². The molecule has 0 radical (unpaired) electrons. The SMILES string of the molecule is COC1C=C(NC(=O)c2cccc(-c3ccc(Cl)cc3)c2)C=CC1n1cnc(C)c1. The molecule has 0 saturated heterocycles. The Morgan fingerprint density at radius 3 is 2.67 bits per heavy atom. The van der Waals surface area contributed by atoms with Gasteiger partial charge >= 0.3 is 0 Å². The van der Waals surface area contributed by atoms with Crippen LogP contribution in [-0.4, -0.2) is 28.7 Å². The highest BCUT2D eigenvalue weighted by atomic mass is 35.5. The molecule has 0 saturated carbocycles. The van der Waals surface area contributed by atoms with Crippen LogP contribution in [-0.2, 0) is 4.74 Å². The van der Waals surface area contributed by atoms with Crippen LogP contribution in [0.15, 0.2) is 85.0 Å². The van der Waals surface area contributed by atoms with E-state index in [0.29, 0.717) is 16.3 Å². The molecule has 5 nitrogen and oxygen atoms in total. The van der Waals surface area contributed by atoms with Gasteiger partial charge in [0.25, 0.3) is 5.91 Å². The van der Waals surface area contributed by atoms with Crippen LogP contribution >= 0.6 is 11.6 Å². The van der Waals surface area contributed by atoms with Crippen LogP contribution in [0.3, 0.4) is 0 Å². The molecule has 152 valence electrons. The minimum Gasteiger partial charge on any atom is -0.375 e. The number of carbonyl (C=O) groups is 1. The first-order valence-electron chi connectivity index (χ1n) is 9.64. The highest BCUT2D eigenvalue weighted by molar-refractivity contribution is 6.30. The number of imidazole rings is 1. The standard InChI is InChI=1S/C24H22ClN3O2/c1-16-14-28(15-26-16)22-11-10-21(13-23(22)30-2)27-24(29)19-5-3-4-18(12-19)17-6-8-20(25)9-7-17/h3-15,22-23H,1-2H3,(H,27,29). The lowest BCUT2D eigenvalue weighted by Crippen LogP contribution is -2.29. The first-order valence-corrected chi connectivity index (χ1v) is 10.0. The summed E-state index contributed by atoms with van der Waals surface area (Å²) in [5.41, 5.74) is 4.19. The van der Waals surface area contributed by atoms with Gasteiger partial charge in [0.1, 0.15) is 6.10 Å². The average molecular weight is 420 g/mol. The van der Waals surface area contributed by atoms with Crippen molar-refractivity contribution in [3.8, 4) is 11.1 Å². The molecular formula is C24H22ClN3O2. The van der Waals surface area contributed by atoms with Gasteiger partial charge in [0, 0.05) is 29.6 Å². The van der Waals surface area contributed by atoms with Crippen LogP contribution in [0.4, 0.5) is 0 Å².